The van der Waals surface area contributed by atoms with Crippen molar-refractivity contribution in [3.63, 3.8) is 0 Å². The number of likely N-dealkylation sites (N-methyl/N-ethyl adjacent to an activating group) is 1. The maximum Gasteiger partial charge on any atom is 0.305 e. The Kier molecular flexibility index (Phi) is 40.7. The molecule has 0 saturated carbocycles. The van der Waals surface area contributed by atoms with Crippen LogP contribution in [0, 0.1) is 11.8 Å². The van der Waals surface area contributed by atoms with Gasteiger partial charge in [0.2, 0.25) is 5.91 Å². The van der Waals surface area contributed by atoms with Gasteiger partial charge in [-0.3, -0.25) is 19.3 Å². The molecule has 1 rings (SSSR count). The number of amides is 1. The van der Waals surface area contributed by atoms with Crippen molar-refractivity contribution in [1.82, 2.24) is 15.1 Å². The largest absolute Gasteiger partial charge is 0.466 e. The number of unbranched alkanes of at least 4 members (excludes halogenated alkanes) is 20. The average Bonchev–Trinajstić information content (AvgIpc) is 3.25. The quantitative estimate of drug-likeness (QED) is 0.0481. The number of rotatable bonds is 45. The van der Waals surface area contributed by atoms with Crippen LogP contribution in [0.5, 0.6) is 0 Å². The second kappa shape index (κ2) is 43.2. The number of nitrogens with zero attached hydrogens (tertiary/aromatic N) is 2. The molecule has 1 N–H and O–H groups in total. The summed E-state index contributed by atoms with van der Waals surface area (Å²) in [6.45, 7) is 14.8. The fourth-order valence-electron chi connectivity index (χ4n) is 9.28. The number of carbonyl (C=O) groups excluding carboxylic acids is 3. The Morgan fingerprint density at radius 2 is 0.774 bits per heavy atom. The van der Waals surface area contributed by atoms with Crippen LogP contribution in [0.2, 0.25) is 0 Å². The SMILES string of the molecule is CCCCCC(CCCCC)CCOC(=O)CCCCCCCCCC(CCCCCCCCCC(=O)OCCC(CCCCC)CCCCC)NC(=O)CN1CCN(C)CC1. The molecule has 62 heavy (non-hydrogen) atoms. The molecule has 1 saturated heterocycles. The number of hydrogen-bond donors (Lipinski definition) is 1. The first-order chi connectivity index (χ1) is 30.3. The van der Waals surface area contributed by atoms with Crippen LogP contribution in [0.15, 0.2) is 0 Å². The zero-order valence-corrected chi connectivity index (χ0v) is 42.1. The van der Waals surface area contributed by atoms with E-state index in [-0.39, 0.29) is 23.9 Å². The van der Waals surface area contributed by atoms with Crippen molar-refractivity contribution in [2.45, 2.75) is 265 Å². The molecule has 1 amide bonds. The van der Waals surface area contributed by atoms with E-state index >= 15 is 0 Å². The van der Waals surface area contributed by atoms with Crippen molar-refractivity contribution < 1.29 is 23.9 Å². The summed E-state index contributed by atoms with van der Waals surface area (Å²) in [6.07, 6.45) is 42.0. The van der Waals surface area contributed by atoms with E-state index in [2.05, 4.69) is 49.9 Å². The summed E-state index contributed by atoms with van der Waals surface area (Å²) in [6, 6.07) is 0.262. The molecule has 8 nitrogen and oxygen atoms in total. The number of ether oxygens (including phenoxy) is 2. The van der Waals surface area contributed by atoms with E-state index in [4.69, 9.17) is 9.47 Å². The van der Waals surface area contributed by atoms with Crippen LogP contribution >= 0.6 is 0 Å². The molecule has 0 aromatic heterocycles. The monoisotopic (exact) mass is 876 g/mol. The van der Waals surface area contributed by atoms with Crippen molar-refractivity contribution in [2.75, 3.05) is 53.0 Å². The number of carbonyl (C=O) groups is 3. The second-order valence-corrected chi connectivity index (χ2v) is 19.6. The van der Waals surface area contributed by atoms with Gasteiger partial charge in [0.1, 0.15) is 0 Å². The molecule has 0 aliphatic carbocycles. The summed E-state index contributed by atoms with van der Waals surface area (Å²) in [7, 11) is 2.16. The Balaban J connectivity index is 2.25. The first-order valence-corrected chi connectivity index (χ1v) is 27.3. The van der Waals surface area contributed by atoms with Gasteiger partial charge in [-0.25, -0.2) is 0 Å². The lowest BCUT2D eigenvalue weighted by molar-refractivity contribution is -0.145. The van der Waals surface area contributed by atoms with Gasteiger partial charge >= 0.3 is 11.9 Å². The van der Waals surface area contributed by atoms with E-state index in [1.165, 1.54) is 154 Å². The van der Waals surface area contributed by atoms with E-state index in [0.29, 0.717) is 44.4 Å². The van der Waals surface area contributed by atoms with Gasteiger partial charge in [-0.1, -0.05) is 207 Å². The predicted molar refractivity (Wildman–Crippen MR) is 264 cm³/mol. The minimum absolute atomic E-state index is 0.00904. The lowest BCUT2D eigenvalue weighted by Gasteiger charge is -2.32. The summed E-state index contributed by atoms with van der Waals surface area (Å²) in [4.78, 5) is 42.5. The highest BCUT2D eigenvalue weighted by molar-refractivity contribution is 5.78. The van der Waals surface area contributed by atoms with Crippen molar-refractivity contribution in [1.29, 1.82) is 0 Å². The molecule has 8 heteroatoms. The van der Waals surface area contributed by atoms with Gasteiger partial charge in [0.25, 0.3) is 0 Å². The van der Waals surface area contributed by atoms with E-state index in [0.717, 1.165) is 90.4 Å². The van der Waals surface area contributed by atoms with E-state index in [9.17, 15) is 14.4 Å². The van der Waals surface area contributed by atoms with E-state index in [1.807, 2.05) is 0 Å². The molecule has 0 unspecified atom stereocenters. The highest BCUT2D eigenvalue weighted by Crippen LogP contribution is 2.23. The molecule has 1 aliphatic heterocycles. The normalized spacial score (nSPS) is 13.7. The standard InChI is InChI=1S/C54H105N3O5/c1-6-10-24-32-49(33-25-11-7-2)40-46-61-53(59)38-30-22-18-14-16-20-28-36-51(55-52(58)48-57-44-42-56(5)43-45-57)37-29-21-17-15-19-23-31-39-54(60)62-47-41-50(34-26-12-8-3)35-27-13-9-4/h49-51H,6-48H2,1-5H3,(H,55,58). The van der Waals surface area contributed by atoms with Crippen LogP contribution in [0.3, 0.4) is 0 Å². The summed E-state index contributed by atoms with van der Waals surface area (Å²) in [5.41, 5.74) is 0. The maximum atomic E-state index is 13.1. The summed E-state index contributed by atoms with van der Waals surface area (Å²) in [5.74, 6) is 1.59. The molecule has 0 bridgehead atoms. The Hall–Kier alpha value is -1.67. The first-order valence-electron chi connectivity index (χ1n) is 27.3. The zero-order chi connectivity index (χ0) is 45.1. The van der Waals surface area contributed by atoms with Crippen molar-refractivity contribution >= 4 is 17.8 Å². The molecule has 0 radical (unpaired) electrons. The van der Waals surface area contributed by atoms with Crippen LogP contribution in [0.1, 0.15) is 259 Å². The Labute approximate surface area is 385 Å². The molecule has 0 spiro atoms. The third kappa shape index (κ3) is 36.6. The molecule has 0 aromatic rings. The minimum Gasteiger partial charge on any atom is -0.466 e. The number of hydrogen-bond acceptors (Lipinski definition) is 7. The topological polar surface area (TPSA) is 88.2 Å². The maximum absolute atomic E-state index is 13.1. The Morgan fingerprint density at radius 1 is 0.435 bits per heavy atom. The molecular weight excluding hydrogens is 771 g/mol. The van der Waals surface area contributed by atoms with Gasteiger partial charge in [-0.15, -0.1) is 0 Å². The van der Waals surface area contributed by atoms with Gasteiger partial charge in [-0.05, 0) is 57.4 Å². The smallest absolute Gasteiger partial charge is 0.305 e. The zero-order valence-electron chi connectivity index (χ0n) is 42.1. The fourth-order valence-corrected chi connectivity index (χ4v) is 9.28. The van der Waals surface area contributed by atoms with Crippen LogP contribution in [-0.2, 0) is 23.9 Å². The molecule has 366 valence electrons. The first kappa shape index (κ1) is 58.3. The third-order valence-electron chi connectivity index (χ3n) is 13.6. The van der Waals surface area contributed by atoms with Crippen LogP contribution in [0.25, 0.3) is 0 Å². The van der Waals surface area contributed by atoms with Crippen molar-refractivity contribution in [3.05, 3.63) is 0 Å². The number of piperazine rings is 1. The van der Waals surface area contributed by atoms with Crippen molar-refractivity contribution in [2.24, 2.45) is 11.8 Å². The fraction of sp³-hybridized carbons (Fsp3) is 0.944. The van der Waals surface area contributed by atoms with E-state index < -0.39 is 0 Å². The summed E-state index contributed by atoms with van der Waals surface area (Å²) < 4.78 is 11.3. The summed E-state index contributed by atoms with van der Waals surface area (Å²) >= 11 is 0. The number of esters is 2. The van der Waals surface area contributed by atoms with Gasteiger partial charge in [0.05, 0.1) is 19.8 Å². The third-order valence-corrected chi connectivity index (χ3v) is 13.6. The van der Waals surface area contributed by atoms with Gasteiger partial charge in [-0.2, -0.15) is 0 Å². The van der Waals surface area contributed by atoms with Gasteiger partial charge in [0, 0.05) is 45.1 Å². The van der Waals surface area contributed by atoms with Gasteiger partial charge in [0.15, 0.2) is 0 Å². The predicted octanol–water partition coefficient (Wildman–Crippen LogP) is 14.2. The summed E-state index contributed by atoms with van der Waals surface area (Å²) in [5, 5.41) is 3.44. The van der Waals surface area contributed by atoms with Crippen LogP contribution in [0.4, 0.5) is 0 Å². The molecule has 0 aromatic carbocycles. The Bertz CT molecular complexity index is 938. The number of nitrogens with one attached hydrogen (secondary N) is 1. The van der Waals surface area contributed by atoms with E-state index in [1.54, 1.807) is 0 Å². The van der Waals surface area contributed by atoms with Crippen LogP contribution < -0.4 is 5.32 Å². The van der Waals surface area contributed by atoms with Crippen LogP contribution in [-0.4, -0.2) is 86.7 Å². The van der Waals surface area contributed by atoms with Crippen molar-refractivity contribution in [3.8, 4) is 0 Å². The minimum atomic E-state index is -0.00904. The highest BCUT2D eigenvalue weighted by Gasteiger charge is 2.19. The average molecular weight is 876 g/mol. The lowest BCUT2D eigenvalue weighted by atomic mass is 9.92. The molecule has 1 heterocycles. The van der Waals surface area contributed by atoms with Gasteiger partial charge < -0.3 is 19.7 Å². The lowest BCUT2D eigenvalue weighted by Crippen LogP contribution is -2.49. The molecule has 1 aliphatic rings. The highest BCUT2D eigenvalue weighted by atomic mass is 16.5. The second-order valence-electron chi connectivity index (χ2n) is 19.6. The molecule has 1 fully saturated rings. The Morgan fingerprint density at radius 3 is 1.15 bits per heavy atom. The molecule has 0 atom stereocenters. The molecular formula is C54H105N3O5.